The summed E-state index contributed by atoms with van der Waals surface area (Å²) in [6.07, 6.45) is 0.879. The van der Waals surface area contributed by atoms with Crippen LogP contribution in [0.15, 0.2) is 0 Å². The van der Waals surface area contributed by atoms with E-state index in [0.717, 1.165) is 6.42 Å². The van der Waals surface area contributed by atoms with Crippen molar-refractivity contribution in [1.82, 2.24) is 5.32 Å². The fourth-order valence-electron chi connectivity index (χ4n) is 1.41. The lowest BCUT2D eigenvalue weighted by Gasteiger charge is -2.15. The maximum atomic E-state index is 11.2. The quantitative estimate of drug-likeness (QED) is 0.642. The van der Waals surface area contributed by atoms with Gasteiger partial charge in [0.2, 0.25) is 5.91 Å². The Morgan fingerprint density at radius 1 is 1.54 bits per heavy atom. The first-order valence-corrected chi connectivity index (χ1v) is 4.50. The summed E-state index contributed by atoms with van der Waals surface area (Å²) in [6, 6.07) is 0.0758. The predicted molar refractivity (Wildman–Crippen MR) is 47.3 cm³/mol. The van der Waals surface area contributed by atoms with Gasteiger partial charge in [0.15, 0.2) is 0 Å². The Labute approximate surface area is 77.6 Å². The first-order chi connectivity index (χ1) is 6.09. The molecule has 1 rings (SSSR count). The summed E-state index contributed by atoms with van der Waals surface area (Å²) < 4.78 is 5.27. The molecule has 4 nitrogen and oxygen atoms in total. The van der Waals surface area contributed by atoms with Gasteiger partial charge in [-0.3, -0.25) is 9.59 Å². The zero-order chi connectivity index (χ0) is 9.84. The molecular formula is C9H15NO3. The summed E-state index contributed by atoms with van der Waals surface area (Å²) in [4.78, 5) is 21.8. The van der Waals surface area contributed by atoms with Gasteiger partial charge < -0.3 is 10.1 Å². The zero-order valence-corrected chi connectivity index (χ0v) is 8.00. The number of rotatable bonds is 3. The predicted octanol–water partition coefficient (Wildman–Crippen LogP) is 0.259. The van der Waals surface area contributed by atoms with Crippen LogP contribution >= 0.6 is 0 Å². The third-order valence-electron chi connectivity index (χ3n) is 2.13. The van der Waals surface area contributed by atoms with Crippen molar-refractivity contribution in [2.75, 3.05) is 6.61 Å². The molecule has 2 unspecified atom stereocenters. The van der Waals surface area contributed by atoms with Gasteiger partial charge in [0, 0.05) is 6.61 Å². The molecular weight excluding hydrogens is 170 g/mol. The first-order valence-electron chi connectivity index (χ1n) is 4.50. The smallest absolute Gasteiger partial charge is 0.227 e. The normalized spacial score (nSPS) is 27.2. The molecule has 1 fully saturated rings. The van der Waals surface area contributed by atoms with E-state index in [-0.39, 0.29) is 30.3 Å². The number of hydrogen-bond donors (Lipinski definition) is 1. The summed E-state index contributed by atoms with van der Waals surface area (Å²) >= 11 is 0. The van der Waals surface area contributed by atoms with E-state index in [4.69, 9.17) is 4.74 Å². The van der Waals surface area contributed by atoms with Crippen LogP contribution in [0.25, 0.3) is 0 Å². The van der Waals surface area contributed by atoms with Crippen LogP contribution in [0.1, 0.15) is 26.7 Å². The highest BCUT2D eigenvalue weighted by Gasteiger charge is 2.25. The lowest BCUT2D eigenvalue weighted by Crippen LogP contribution is -2.39. The molecule has 1 aliphatic rings. The molecule has 0 aromatic heterocycles. The molecule has 13 heavy (non-hydrogen) atoms. The highest BCUT2D eigenvalue weighted by atomic mass is 16.5. The van der Waals surface area contributed by atoms with Gasteiger partial charge in [-0.15, -0.1) is 0 Å². The van der Waals surface area contributed by atoms with Crippen molar-refractivity contribution in [1.29, 1.82) is 0 Å². The van der Waals surface area contributed by atoms with Crippen LogP contribution in [0.5, 0.6) is 0 Å². The van der Waals surface area contributed by atoms with Crippen molar-refractivity contribution < 1.29 is 14.3 Å². The second-order valence-corrected chi connectivity index (χ2v) is 3.42. The topological polar surface area (TPSA) is 55.4 Å². The van der Waals surface area contributed by atoms with E-state index < -0.39 is 0 Å². The molecule has 0 aromatic carbocycles. The Bertz CT molecular complexity index is 215. The zero-order valence-electron chi connectivity index (χ0n) is 8.00. The Hall–Kier alpha value is -0.900. The third kappa shape index (κ3) is 3.14. The lowest BCUT2D eigenvalue weighted by molar-refractivity contribution is -0.127. The molecule has 0 spiro atoms. The van der Waals surface area contributed by atoms with E-state index in [9.17, 15) is 9.59 Å². The van der Waals surface area contributed by atoms with Gasteiger partial charge in [0.05, 0.1) is 18.6 Å². The minimum Gasteiger partial charge on any atom is -0.376 e. The van der Waals surface area contributed by atoms with E-state index in [1.54, 1.807) is 0 Å². The van der Waals surface area contributed by atoms with Crippen molar-refractivity contribution >= 4 is 11.7 Å². The van der Waals surface area contributed by atoms with Crippen molar-refractivity contribution in [3.63, 3.8) is 0 Å². The summed E-state index contributed by atoms with van der Waals surface area (Å²) in [5, 5.41) is 2.78. The summed E-state index contributed by atoms with van der Waals surface area (Å²) in [6.45, 7) is 4.02. The highest BCUT2D eigenvalue weighted by molar-refractivity contribution is 5.96. The van der Waals surface area contributed by atoms with Gasteiger partial charge in [-0.25, -0.2) is 0 Å². The molecule has 1 amide bonds. The van der Waals surface area contributed by atoms with Gasteiger partial charge in [-0.1, -0.05) is 0 Å². The summed E-state index contributed by atoms with van der Waals surface area (Å²) in [5.74, 6) is -0.307. The van der Waals surface area contributed by atoms with Gasteiger partial charge >= 0.3 is 0 Å². The van der Waals surface area contributed by atoms with Gasteiger partial charge in [0.1, 0.15) is 5.78 Å². The lowest BCUT2D eigenvalue weighted by atomic mass is 10.1. The number of amides is 1. The van der Waals surface area contributed by atoms with E-state index in [1.165, 1.54) is 6.92 Å². The molecule has 2 atom stereocenters. The maximum Gasteiger partial charge on any atom is 0.227 e. The van der Waals surface area contributed by atoms with Gasteiger partial charge in [-0.2, -0.15) is 0 Å². The molecule has 0 bridgehead atoms. The first kappa shape index (κ1) is 10.2. The van der Waals surface area contributed by atoms with E-state index >= 15 is 0 Å². The van der Waals surface area contributed by atoms with Crippen molar-refractivity contribution in [2.45, 2.75) is 38.8 Å². The Morgan fingerprint density at radius 2 is 2.23 bits per heavy atom. The van der Waals surface area contributed by atoms with Crippen LogP contribution < -0.4 is 5.32 Å². The second kappa shape index (κ2) is 4.37. The SMILES string of the molecule is CC(=O)CC(=O)NC1CCOC1C. The molecule has 74 valence electrons. The average Bonchev–Trinajstić information content (AvgIpc) is 2.34. The van der Waals surface area contributed by atoms with Crippen molar-refractivity contribution in [2.24, 2.45) is 0 Å². The molecule has 1 aliphatic heterocycles. The van der Waals surface area contributed by atoms with Gasteiger partial charge in [0.25, 0.3) is 0 Å². The summed E-state index contributed by atoms with van der Waals surface area (Å²) in [7, 11) is 0. The monoisotopic (exact) mass is 185 g/mol. The van der Waals surface area contributed by atoms with Crippen LogP contribution in [-0.2, 0) is 14.3 Å². The second-order valence-electron chi connectivity index (χ2n) is 3.42. The minimum absolute atomic E-state index is 0.0246. The number of carbonyl (C=O) groups is 2. The van der Waals surface area contributed by atoms with Crippen LogP contribution in [0.2, 0.25) is 0 Å². The molecule has 4 heteroatoms. The fraction of sp³-hybridized carbons (Fsp3) is 0.778. The number of ketones is 1. The van der Waals surface area contributed by atoms with Crippen molar-refractivity contribution in [3.8, 4) is 0 Å². The number of Topliss-reactive ketones (excluding diaryl/α,β-unsaturated/α-hetero) is 1. The van der Waals surface area contributed by atoms with E-state index in [2.05, 4.69) is 5.32 Å². The molecule has 1 N–H and O–H groups in total. The number of ether oxygens (including phenoxy) is 1. The summed E-state index contributed by atoms with van der Waals surface area (Å²) in [5.41, 5.74) is 0. The maximum absolute atomic E-state index is 11.2. The Kier molecular flexibility index (Phi) is 3.42. The minimum atomic E-state index is -0.199. The van der Waals surface area contributed by atoms with Crippen molar-refractivity contribution in [3.05, 3.63) is 0 Å². The molecule has 0 radical (unpaired) electrons. The Balaban J connectivity index is 2.31. The molecule has 0 aliphatic carbocycles. The van der Waals surface area contributed by atoms with Crippen LogP contribution in [0.3, 0.4) is 0 Å². The average molecular weight is 185 g/mol. The largest absolute Gasteiger partial charge is 0.376 e. The van der Waals surface area contributed by atoms with Crippen LogP contribution in [-0.4, -0.2) is 30.4 Å². The number of hydrogen-bond acceptors (Lipinski definition) is 3. The highest BCUT2D eigenvalue weighted by Crippen LogP contribution is 2.12. The fourth-order valence-corrected chi connectivity index (χ4v) is 1.41. The van der Waals surface area contributed by atoms with E-state index in [1.807, 2.05) is 6.92 Å². The number of carbonyl (C=O) groups excluding carboxylic acids is 2. The number of nitrogens with one attached hydrogen (secondary N) is 1. The molecule has 0 saturated carbocycles. The van der Waals surface area contributed by atoms with Crippen LogP contribution in [0.4, 0.5) is 0 Å². The Morgan fingerprint density at radius 3 is 2.69 bits per heavy atom. The van der Waals surface area contributed by atoms with E-state index in [0.29, 0.717) is 6.61 Å². The molecule has 0 aromatic rings. The van der Waals surface area contributed by atoms with Gasteiger partial charge in [-0.05, 0) is 20.3 Å². The molecule has 1 saturated heterocycles. The third-order valence-corrected chi connectivity index (χ3v) is 2.13. The molecule has 1 heterocycles. The standard InChI is InChI=1S/C9H15NO3/c1-6(11)5-9(12)10-8-3-4-13-7(8)2/h7-8H,3-5H2,1-2H3,(H,10,12). The van der Waals surface area contributed by atoms with Crippen LogP contribution in [0, 0.1) is 0 Å².